The second kappa shape index (κ2) is 10.4. The van der Waals surface area contributed by atoms with Gasteiger partial charge in [-0.2, -0.15) is 0 Å². The summed E-state index contributed by atoms with van der Waals surface area (Å²) in [5.74, 6) is 0.106. The predicted octanol–water partition coefficient (Wildman–Crippen LogP) is 4.75. The van der Waals surface area contributed by atoms with Crippen molar-refractivity contribution in [2.75, 3.05) is 6.54 Å². The highest BCUT2D eigenvalue weighted by Crippen LogP contribution is 2.36. The van der Waals surface area contributed by atoms with Crippen molar-refractivity contribution < 1.29 is 19.1 Å². The van der Waals surface area contributed by atoms with Gasteiger partial charge in [0, 0.05) is 11.8 Å². The molecule has 34 heavy (non-hydrogen) atoms. The predicted molar refractivity (Wildman–Crippen MR) is 137 cm³/mol. The van der Waals surface area contributed by atoms with E-state index >= 15 is 0 Å². The van der Waals surface area contributed by atoms with E-state index in [9.17, 15) is 9.59 Å². The summed E-state index contributed by atoms with van der Waals surface area (Å²) < 4.78 is 11.5. The molecule has 0 spiro atoms. The zero-order valence-electron chi connectivity index (χ0n) is 19.8. The average Bonchev–Trinajstić information content (AvgIpc) is 3.31. The van der Waals surface area contributed by atoms with Gasteiger partial charge in [0.05, 0.1) is 0 Å². The van der Waals surface area contributed by atoms with E-state index in [1.807, 2.05) is 81.4 Å². The van der Waals surface area contributed by atoms with E-state index < -0.39 is 31.6 Å². The topological polar surface area (TPSA) is 55.8 Å². The second-order valence-electron chi connectivity index (χ2n) is 9.23. The summed E-state index contributed by atoms with van der Waals surface area (Å²) in [4.78, 5) is 27.4. The third kappa shape index (κ3) is 5.66. The minimum Gasteiger partial charge on any atom is -0.444 e. The number of para-hydroxylation sites is 1. The van der Waals surface area contributed by atoms with Gasteiger partial charge < -0.3 is 9.47 Å². The van der Waals surface area contributed by atoms with E-state index in [0.717, 1.165) is 11.7 Å². The van der Waals surface area contributed by atoms with Crippen LogP contribution in [0.1, 0.15) is 33.6 Å². The van der Waals surface area contributed by atoms with Crippen LogP contribution in [0.5, 0.6) is 5.75 Å². The first-order valence-electron chi connectivity index (χ1n) is 11.5. The lowest BCUT2D eigenvalue weighted by molar-refractivity contribution is -0.139. The first kappa shape index (κ1) is 24.0. The number of carbonyl (C=O) groups excluding carboxylic acids is 2. The molecule has 5 nitrogen and oxygen atoms in total. The fourth-order valence-electron chi connectivity index (χ4n) is 4.04. The van der Waals surface area contributed by atoms with E-state index in [1.54, 1.807) is 0 Å². The molecule has 6 heteroatoms. The highest BCUT2D eigenvalue weighted by molar-refractivity contribution is 7.80. The van der Waals surface area contributed by atoms with Crippen LogP contribution in [-0.2, 0) is 9.53 Å². The number of ether oxygens (including phenoxy) is 2. The summed E-state index contributed by atoms with van der Waals surface area (Å²) in [5.41, 5.74) is -0.623. The van der Waals surface area contributed by atoms with Gasteiger partial charge in [-0.3, -0.25) is 4.90 Å². The maximum absolute atomic E-state index is 13.3. The van der Waals surface area contributed by atoms with Crippen LogP contribution in [0.3, 0.4) is 0 Å². The molecule has 0 unspecified atom stereocenters. The molecule has 176 valence electrons. The molecule has 3 aromatic carbocycles. The number of likely N-dealkylation sites (tertiary alicyclic amines) is 1. The molecule has 1 amide bonds. The maximum Gasteiger partial charge on any atom is 0.411 e. The van der Waals surface area contributed by atoms with Gasteiger partial charge in [-0.05, 0) is 58.2 Å². The monoisotopic (exact) mass is 475 g/mol. The van der Waals surface area contributed by atoms with Crippen LogP contribution >= 0.6 is 7.92 Å². The number of amides is 1. The zero-order chi connectivity index (χ0) is 24.1. The molecule has 4 rings (SSSR count). The lowest BCUT2D eigenvalue weighted by Crippen LogP contribution is -2.45. The van der Waals surface area contributed by atoms with Gasteiger partial charge in [0.2, 0.25) is 0 Å². The molecule has 1 fully saturated rings. The van der Waals surface area contributed by atoms with E-state index in [1.165, 1.54) is 15.5 Å². The number of hydrogen-bond donors (Lipinski definition) is 0. The summed E-state index contributed by atoms with van der Waals surface area (Å²) in [6.07, 6.45) is 0.824. The lowest BCUT2D eigenvalue weighted by atomic mass is 10.2. The Morgan fingerprint density at radius 3 is 2.00 bits per heavy atom. The van der Waals surface area contributed by atoms with E-state index in [0.29, 0.717) is 18.7 Å². The Hall–Kier alpha value is -3.17. The van der Waals surface area contributed by atoms with Crippen molar-refractivity contribution in [2.45, 2.75) is 45.3 Å². The van der Waals surface area contributed by atoms with Crippen molar-refractivity contribution in [3.8, 4) is 5.75 Å². The number of carbonyl (C=O) groups is 2. The van der Waals surface area contributed by atoms with Crippen molar-refractivity contribution in [3.63, 3.8) is 0 Å². The standard InChI is InChI=1S/C28H30NO4P/c1-28(2,3)33-27(31)29-20-12-17-23(29)26(30)32-24-18-10-11-19-25(24)34(21-13-6-4-7-14-21)22-15-8-5-9-16-22/h4-11,13-16,18-19,23H,12,17,20H2,1-3H3/t23-/m0/s1. The van der Waals surface area contributed by atoms with E-state index in [2.05, 4.69) is 24.3 Å². The van der Waals surface area contributed by atoms with Crippen molar-refractivity contribution in [2.24, 2.45) is 0 Å². The fourth-order valence-corrected chi connectivity index (χ4v) is 6.41. The molecule has 1 aliphatic heterocycles. The molecule has 1 aliphatic rings. The maximum atomic E-state index is 13.3. The Balaban J connectivity index is 1.63. The Morgan fingerprint density at radius 1 is 0.853 bits per heavy atom. The van der Waals surface area contributed by atoms with Gasteiger partial charge in [-0.15, -0.1) is 0 Å². The normalized spacial score (nSPS) is 15.9. The fraction of sp³-hybridized carbons (Fsp3) is 0.286. The molecule has 0 bridgehead atoms. The Bertz CT molecular complexity index is 1090. The largest absolute Gasteiger partial charge is 0.444 e. The lowest BCUT2D eigenvalue weighted by Gasteiger charge is -2.28. The molecule has 1 heterocycles. The molecule has 3 aromatic rings. The van der Waals surface area contributed by atoms with Crippen LogP contribution in [0.25, 0.3) is 0 Å². The average molecular weight is 476 g/mol. The summed E-state index contributed by atoms with van der Waals surface area (Å²) in [7, 11) is -0.934. The minimum absolute atomic E-state index is 0.424. The number of hydrogen-bond acceptors (Lipinski definition) is 4. The Morgan fingerprint density at radius 2 is 1.41 bits per heavy atom. The van der Waals surface area contributed by atoms with Crippen molar-refractivity contribution in [1.82, 2.24) is 4.90 Å². The number of nitrogens with zero attached hydrogens (tertiary/aromatic N) is 1. The molecule has 1 saturated heterocycles. The van der Waals surface area contributed by atoms with Gasteiger partial charge >= 0.3 is 12.1 Å². The van der Waals surface area contributed by atoms with E-state index in [-0.39, 0.29) is 0 Å². The first-order valence-corrected chi connectivity index (χ1v) is 12.9. The van der Waals surface area contributed by atoms with Gasteiger partial charge in [-0.1, -0.05) is 78.9 Å². The summed E-state index contributed by atoms with van der Waals surface area (Å²) in [5, 5.41) is 3.30. The number of benzene rings is 3. The van der Waals surface area contributed by atoms with Gasteiger partial charge in [-0.25, -0.2) is 9.59 Å². The highest BCUT2D eigenvalue weighted by Gasteiger charge is 2.38. The van der Waals surface area contributed by atoms with Crippen molar-refractivity contribution in [1.29, 1.82) is 0 Å². The number of esters is 1. The zero-order valence-corrected chi connectivity index (χ0v) is 20.7. The Kier molecular flexibility index (Phi) is 7.33. The molecule has 0 saturated carbocycles. The molecule has 0 radical (unpaired) electrons. The summed E-state index contributed by atoms with van der Waals surface area (Å²) in [6, 6.07) is 27.6. The molecule has 0 aliphatic carbocycles. The second-order valence-corrected chi connectivity index (χ2v) is 11.4. The smallest absolute Gasteiger partial charge is 0.411 e. The van der Waals surface area contributed by atoms with Gasteiger partial charge in [0.25, 0.3) is 0 Å². The molecular weight excluding hydrogens is 445 g/mol. The van der Waals surface area contributed by atoms with Crippen LogP contribution in [0.2, 0.25) is 0 Å². The molecular formula is C28H30NO4P. The van der Waals surface area contributed by atoms with Crippen LogP contribution < -0.4 is 20.7 Å². The SMILES string of the molecule is CC(C)(C)OC(=O)N1CCC[C@H]1C(=O)Oc1ccccc1P(c1ccccc1)c1ccccc1. The van der Waals surface area contributed by atoms with Crippen LogP contribution in [0, 0.1) is 0 Å². The number of rotatable bonds is 5. The van der Waals surface area contributed by atoms with Crippen molar-refractivity contribution >= 4 is 35.9 Å². The summed E-state index contributed by atoms with van der Waals surface area (Å²) in [6.45, 7) is 5.94. The van der Waals surface area contributed by atoms with Crippen LogP contribution in [-0.4, -0.2) is 35.2 Å². The Labute approximate surface area is 202 Å². The first-order chi connectivity index (χ1) is 16.3. The molecule has 0 aromatic heterocycles. The van der Waals surface area contributed by atoms with Crippen molar-refractivity contribution in [3.05, 3.63) is 84.9 Å². The van der Waals surface area contributed by atoms with Crippen LogP contribution in [0.4, 0.5) is 4.79 Å². The summed E-state index contributed by atoms with van der Waals surface area (Å²) >= 11 is 0. The third-order valence-corrected chi connectivity index (χ3v) is 7.98. The minimum atomic E-state index is -0.934. The highest BCUT2D eigenvalue weighted by atomic mass is 31.1. The van der Waals surface area contributed by atoms with Gasteiger partial charge in [0.15, 0.2) is 0 Å². The molecule has 0 N–H and O–H groups in total. The third-order valence-electron chi connectivity index (χ3n) is 5.50. The van der Waals surface area contributed by atoms with E-state index in [4.69, 9.17) is 9.47 Å². The molecule has 1 atom stereocenters. The quantitative estimate of drug-likeness (QED) is 0.304. The van der Waals surface area contributed by atoms with Crippen LogP contribution in [0.15, 0.2) is 84.9 Å². The van der Waals surface area contributed by atoms with Gasteiger partial charge in [0.1, 0.15) is 17.4 Å².